The highest BCUT2D eigenvalue weighted by Crippen LogP contribution is 2.32. The second-order valence-corrected chi connectivity index (χ2v) is 5.56. The van der Waals surface area contributed by atoms with Gasteiger partial charge in [-0.15, -0.1) is 0 Å². The van der Waals surface area contributed by atoms with Crippen LogP contribution in [0.1, 0.15) is 43.0 Å². The molecular weight excluding hydrogens is 266 g/mol. The second-order valence-electron chi connectivity index (χ2n) is 5.56. The van der Waals surface area contributed by atoms with E-state index in [1.807, 2.05) is 6.92 Å². The first kappa shape index (κ1) is 14.8. The highest BCUT2D eigenvalue weighted by atomic mass is 19.2. The maximum Gasteiger partial charge on any atom is 0.254 e. The van der Waals surface area contributed by atoms with Crippen LogP contribution in [-0.2, 0) is 0 Å². The standard InChI is InChI=1S/C14H18F2N2O2/c1-9-3-2-5-14(7-9,8-19)18-13(20)10-4-6-17-12(16)11(10)15/h4,6,9,19H,2-3,5,7-8H2,1H3,(H,18,20). The van der Waals surface area contributed by atoms with Crippen LogP contribution < -0.4 is 5.32 Å². The van der Waals surface area contributed by atoms with E-state index in [9.17, 15) is 18.7 Å². The van der Waals surface area contributed by atoms with Gasteiger partial charge in [-0.05, 0) is 24.8 Å². The Morgan fingerprint density at radius 1 is 1.60 bits per heavy atom. The van der Waals surface area contributed by atoms with Gasteiger partial charge < -0.3 is 10.4 Å². The molecule has 110 valence electrons. The van der Waals surface area contributed by atoms with E-state index in [4.69, 9.17) is 0 Å². The first-order valence-electron chi connectivity index (χ1n) is 6.71. The van der Waals surface area contributed by atoms with Gasteiger partial charge in [0.05, 0.1) is 17.7 Å². The van der Waals surface area contributed by atoms with Gasteiger partial charge in [-0.1, -0.05) is 19.8 Å². The zero-order valence-electron chi connectivity index (χ0n) is 11.3. The highest BCUT2D eigenvalue weighted by Gasteiger charge is 2.36. The van der Waals surface area contributed by atoms with Crippen molar-refractivity contribution in [1.29, 1.82) is 0 Å². The maximum atomic E-state index is 13.6. The van der Waals surface area contributed by atoms with E-state index in [1.54, 1.807) is 0 Å². The number of hydrogen-bond donors (Lipinski definition) is 2. The van der Waals surface area contributed by atoms with Crippen LogP contribution in [0.3, 0.4) is 0 Å². The Kier molecular flexibility index (Phi) is 4.32. The number of carbonyl (C=O) groups excluding carboxylic acids is 1. The minimum atomic E-state index is -1.30. The van der Waals surface area contributed by atoms with E-state index in [0.717, 1.165) is 25.1 Å². The molecular formula is C14H18F2N2O2. The van der Waals surface area contributed by atoms with Crippen molar-refractivity contribution >= 4 is 5.91 Å². The van der Waals surface area contributed by atoms with Crippen molar-refractivity contribution in [2.45, 2.75) is 38.1 Å². The number of rotatable bonds is 3. The van der Waals surface area contributed by atoms with Crippen LogP contribution in [0.25, 0.3) is 0 Å². The molecule has 1 aliphatic carbocycles. The molecule has 2 unspecified atom stereocenters. The summed E-state index contributed by atoms with van der Waals surface area (Å²) in [6.07, 6.45) is 4.23. The van der Waals surface area contributed by atoms with Gasteiger partial charge in [-0.2, -0.15) is 4.39 Å². The summed E-state index contributed by atoms with van der Waals surface area (Å²) in [4.78, 5) is 15.2. The van der Waals surface area contributed by atoms with Crippen LogP contribution in [0.15, 0.2) is 12.3 Å². The molecule has 0 bridgehead atoms. The van der Waals surface area contributed by atoms with Crippen LogP contribution >= 0.6 is 0 Å². The quantitative estimate of drug-likeness (QED) is 0.835. The lowest BCUT2D eigenvalue weighted by Crippen LogP contribution is -2.54. The minimum absolute atomic E-state index is 0.210. The van der Waals surface area contributed by atoms with Crippen molar-refractivity contribution in [2.75, 3.05) is 6.61 Å². The number of nitrogens with zero attached hydrogens (tertiary/aromatic N) is 1. The number of hydrogen-bond acceptors (Lipinski definition) is 3. The molecule has 1 aromatic heterocycles. The van der Waals surface area contributed by atoms with E-state index in [0.29, 0.717) is 18.8 Å². The van der Waals surface area contributed by atoms with Crippen molar-refractivity contribution in [3.63, 3.8) is 0 Å². The average Bonchev–Trinajstić information content (AvgIpc) is 2.41. The number of amides is 1. The summed E-state index contributed by atoms with van der Waals surface area (Å²) in [6.45, 7) is 1.83. The Bertz CT molecular complexity index is 510. The summed E-state index contributed by atoms with van der Waals surface area (Å²) in [6, 6.07) is 1.13. The Hall–Kier alpha value is -1.56. The third-order valence-corrected chi connectivity index (χ3v) is 3.86. The van der Waals surface area contributed by atoms with Gasteiger partial charge in [0.1, 0.15) is 0 Å². The minimum Gasteiger partial charge on any atom is -0.394 e. The van der Waals surface area contributed by atoms with Crippen molar-refractivity contribution in [3.05, 3.63) is 29.6 Å². The normalized spacial score (nSPS) is 26.3. The number of aromatic nitrogens is 1. The SMILES string of the molecule is CC1CCCC(CO)(NC(=O)c2ccnc(F)c2F)C1. The van der Waals surface area contributed by atoms with Gasteiger partial charge in [0.2, 0.25) is 5.95 Å². The Morgan fingerprint density at radius 2 is 2.35 bits per heavy atom. The lowest BCUT2D eigenvalue weighted by atomic mass is 9.76. The number of aliphatic hydroxyl groups is 1. The van der Waals surface area contributed by atoms with Gasteiger partial charge >= 0.3 is 0 Å². The molecule has 0 aromatic carbocycles. The zero-order valence-corrected chi connectivity index (χ0v) is 11.3. The molecule has 1 aromatic rings. The van der Waals surface area contributed by atoms with Crippen molar-refractivity contribution in [1.82, 2.24) is 10.3 Å². The van der Waals surface area contributed by atoms with Crippen LogP contribution in [-0.4, -0.2) is 28.1 Å². The largest absolute Gasteiger partial charge is 0.394 e. The van der Waals surface area contributed by atoms with E-state index >= 15 is 0 Å². The van der Waals surface area contributed by atoms with E-state index in [-0.39, 0.29) is 12.2 Å². The first-order valence-corrected chi connectivity index (χ1v) is 6.71. The van der Waals surface area contributed by atoms with Gasteiger partial charge in [0.15, 0.2) is 5.82 Å². The molecule has 2 rings (SSSR count). The molecule has 1 fully saturated rings. The molecule has 0 aliphatic heterocycles. The van der Waals surface area contributed by atoms with Crippen molar-refractivity contribution < 1.29 is 18.7 Å². The number of aliphatic hydroxyl groups excluding tert-OH is 1. The molecule has 20 heavy (non-hydrogen) atoms. The number of halogens is 2. The number of pyridine rings is 1. The fourth-order valence-electron chi connectivity index (χ4n) is 2.86. The lowest BCUT2D eigenvalue weighted by Gasteiger charge is -2.39. The highest BCUT2D eigenvalue weighted by molar-refractivity contribution is 5.94. The Balaban J connectivity index is 2.19. The molecule has 0 spiro atoms. The van der Waals surface area contributed by atoms with Crippen LogP contribution in [0.2, 0.25) is 0 Å². The average molecular weight is 284 g/mol. The summed E-state index contributed by atoms with van der Waals surface area (Å²) in [5.41, 5.74) is -1.13. The molecule has 4 nitrogen and oxygen atoms in total. The predicted octanol–water partition coefficient (Wildman–Crippen LogP) is 2.03. The maximum absolute atomic E-state index is 13.6. The van der Waals surface area contributed by atoms with E-state index in [2.05, 4.69) is 10.3 Å². The van der Waals surface area contributed by atoms with Crippen LogP contribution in [0.5, 0.6) is 0 Å². The Morgan fingerprint density at radius 3 is 3.00 bits per heavy atom. The monoisotopic (exact) mass is 284 g/mol. The topological polar surface area (TPSA) is 62.2 Å². The van der Waals surface area contributed by atoms with Crippen LogP contribution in [0, 0.1) is 17.7 Å². The first-order chi connectivity index (χ1) is 9.47. The third kappa shape index (κ3) is 2.95. The molecule has 2 N–H and O–H groups in total. The molecule has 1 amide bonds. The molecule has 1 saturated carbocycles. The number of carbonyl (C=O) groups is 1. The second kappa shape index (κ2) is 5.83. The Labute approximate surface area is 116 Å². The van der Waals surface area contributed by atoms with Gasteiger partial charge in [-0.25, -0.2) is 9.37 Å². The zero-order chi connectivity index (χ0) is 14.8. The van der Waals surface area contributed by atoms with Crippen molar-refractivity contribution in [3.8, 4) is 0 Å². The fraction of sp³-hybridized carbons (Fsp3) is 0.571. The van der Waals surface area contributed by atoms with Crippen LogP contribution in [0.4, 0.5) is 8.78 Å². The summed E-state index contributed by atoms with van der Waals surface area (Å²) >= 11 is 0. The van der Waals surface area contributed by atoms with E-state index in [1.165, 1.54) is 0 Å². The third-order valence-electron chi connectivity index (χ3n) is 3.86. The smallest absolute Gasteiger partial charge is 0.254 e. The van der Waals surface area contributed by atoms with Gasteiger partial charge in [-0.3, -0.25) is 4.79 Å². The summed E-state index contributed by atoms with van der Waals surface area (Å²) in [5, 5.41) is 12.3. The molecule has 2 atom stereocenters. The predicted molar refractivity (Wildman–Crippen MR) is 69.1 cm³/mol. The van der Waals surface area contributed by atoms with Crippen molar-refractivity contribution in [2.24, 2.45) is 5.92 Å². The molecule has 0 saturated heterocycles. The summed E-state index contributed by atoms with van der Waals surface area (Å²) < 4.78 is 26.6. The number of nitrogens with one attached hydrogen (secondary N) is 1. The lowest BCUT2D eigenvalue weighted by molar-refractivity contribution is 0.0692. The molecule has 1 aliphatic rings. The molecule has 1 heterocycles. The molecule has 0 radical (unpaired) electrons. The summed E-state index contributed by atoms with van der Waals surface area (Å²) in [5.74, 6) is -2.91. The summed E-state index contributed by atoms with van der Waals surface area (Å²) in [7, 11) is 0. The van der Waals surface area contributed by atoms with Gasteiger partial charge in [0.25, 0.3) is 5.91 Å². The fourth-order valence-corrected chi connectivity index (χ4v) is 2.86. The van der Waals surface area contributed by atoms with Gasteiger partial charge in [0, 0.05) is 6.20 Å². The molecule has 6 heteroatoms. The van der Waals surface area contributed by atoms with E-state index < -0.39 is 23.2 Å².